The minimum Gasteiger partial charge on any atom is -0.489 e. The molecule has 0 spiro atoms. The lowest BCUT2D eigenvalue weighted by Gasteiger charge is -2.37. The smallest absolute Gasteiger partial charge is 0.411 e. The van der Waals surface area contributed by atoms with Crippen molar-refractivity contribution in [3.05, 3.63) is 87.4 Å². The summed E-state index contributed by atoms with van der Waals surface area (Å²) in [5, 5.41) is 0.721. The van der Waals surface area contributed by atoms with Crippen LogP contribution < -0.4 is 14.2 Å². The average Bonchev–Trinajstić information content (AvgIpc) is 2.94. The minimum atomic E-state index is -0.790. The largest absolute Gasteiger partial charge is 0.489 e. The molecule has 2 aliphatic rings. The first kappa shape index (κ1) is 28.6. The third-order valence-electron chi connectivity index (χ3n) is 7.05. The molecular weight excluding hydrogens is 546 g/mol. The maximum Gasteiger partial charge on any atom is 0.411 e. The fraction of sp³-hybridized carbons (Fsp3) is 0.375. The van der Waals surface area contributed by atoms with Crippen LogP contribution in [0, 0.1) is 6.92 Å². The number of nitrogens with zero attached hydrogens (tertiary/aromatic N) is 1. The number of aryl methyl sites for hydroxylation is 1. The van der Waals surface area contributed by atoms with E-state index in [1.54, 1.807) is 20.8 Å². The van der Waals surface area contributed by atoms with Gasteiger partial charge in [0.15, 0.2) is 17.6 Å². The van der Waals surface area contributed by atoms with Gasteiger partial charge in [0.2, 0.25) is 0 Å². The van der Waals surface area contributed by atoms with Gasteiger partial charge in [0.1, 0.15) is 30.6 Å². The molecule has 9 heteroatoms. The lowest BCUT2D eigenvalue weighted by Crippen LogP contribution is -2.50. The van der Waals surface area contributed by atoms with Crippen molar-refractivity contribution in [1.29, 1.82) is 0 Å². The Morgan fingerprint density at radius 1 is 1.02 bits per heavy atom. The summed E-state index contributed by atoms with van der Waals surface area (Å²) >= 11 is 6.22. The highest BCUT2D eigenvalue weighted by atomic mass is 35.5. The quantitative estimate of drug-likeness (QED) is 0.316. The zero-order valence-electron chi connectivity index (χ0n) is 23.9. The number of carbonyl (C=O) groups is 2. The molecule has 0 aromatic heterocycles. The summed E-state index contributed by atoms with van der Waals surface area (Å²) < 4.78 is 28.9. The highest BCUT2D eigenvalue weighted by Gasteiger charge is 2.39. The van der Waals surface area contributed by atoms with Crippen LogP contribution in [0.5, 0.6) is 17.2 Å². The maximum atomic E-state index is 13.0. The highest BCUT2D eigenvalue weighted by molar-refractivity contribution is 6.31. The SMILES string of the molecule is COC(=O)C1Cc2cc3c(cc2CN1C(=O)OC(C)(C)C)OC(c1ccc(OCc2ccc(C)c(Cl)c2)cc1)CO3. The number of amides is 1. The molecule has 2 atom stereocenters. The molecule has 1 amide bonds. The number of carbonyl (C=O) groups excluding carboxylic acids is 2. The number of fused-ring (bicyclic) bond motifs is 2. The summed E-state index contributed by atoms with van der Waals surface area (Å²) in [7, 11) is 1.31. The molecule has 0 saturated carbocycles. The van der Waals surface area contributed by atoms with E-state index in [-0.39, 0.29) is 19.1 Å². The number of methoxy groups -OCH3 is 1. The van der Waals surface area contributed by atoms with Crippen molar-refractivity contribution in [3.8, 4) is 17.2 Å². The third-order valence-corrected chi connectivity index (χ3v) is 7.46. The van der Waals surface area contributed by atoms with E-state index in [4.69, 9.17) is 35.3 Å². The molecule has 0 fully saturated rings. The summed E-state index contributed by atoms with van der Waals surface area (Å²) in [5.74, 6) is 1.42. The van der Waals surface area contributed by atoms with Gasteiger partial charge in [-0.05, 0) is 85.8 Å². The number of ether oxygens (including phenoxy) is 5. The van der Waals surface area contributed by atoms with E-state index in [2.05, 4.69) is 0 Å². The number of benzene rings is 3. The van der Waals surface area contributed by atoms with Crippen molar-refractivity contribution >= 4 is 23.7 Å². The van der Waals surface area contributed by atoms with Crippen LogP contribution in [0.15, 0.2) is 54.6 Å². The topological polar surface area (TPSA) is 83.5 Å². The van der Waals surface area contributed by atoms with Gasteiger partial charge in [0.05, 0.1) is 13.7 Å². The van der Waals surface area contributed by atoms with E-state index in [0.717, 1.165) is 38.6 Å². The van der Waals surface area contributed by atoms with Gasteiger partial charge in [-0.1, -0.05) is 35.9 Å². The number of esters is 1. The van der Waals surface area contributed by atoms with Crippen LogP contribution in [0.2, 0.25) is 5.02 Å². The van der Waals surface area contributed by atoms with Gasteiger partial charge in [-0.15, -0.1) is 0 Å². The number of hydrogen-bond acceptors (Lipinski definition) is 7. The van der Waals surface area contributed by atoms with Gasteiger partial charge in [-0.3, -0.25) is 4.90 Å². The molecule has 216 valence electrons. The molecular formula is C32H34ClNO7. The monoisotopic (exact) mass is 579 g/mol. The number of halogens is 1. The summed E-state index contributed by atoms with van der Waals surface area (Å²) in [5.41, 5.74) is 4.03. The number of hydrogen-bond donors (Lipinski definition) is 0. The van der Waals surface area contributed by atoms with Crippen LogP contribution in [0.3, 0.4) is 0 Å². The van der Waals surface area contributed by atoms with Crippen molar-refractivity contribution in [3.63, 3.8) is 0 Å². The van der Waals surface area contributed by atoms with Crippen molar-refractivity contribution in [2.45, 2.75) is 65.0 Å². The maximum absolute atomic E-state index is 13.0. The van der Waals surface area contributed by atoms with Crippen LogP contribution in [0.25, 0.3) is 0 Å². The van der Waals surface area contributed by atoms with Gasteiger partial charge in [-0.2, -0.15) is 0 Å². The lowest BCUT2D eigenvalue weighted by molar-refractivity contribution is -0.147. The van der Waals surface area contributed by atoms with Gasteiger partial charge < -0.3 is 23.7 Å². The molecule has 2 aliphatic heterocycles. The molecule has 0 saturated heterocycles. The van der Waals surface area contributed by atoms with Crippen LogP contribution in [-0.4, -0.2) is 42.3 Å². The van der Waals surface area contributed by atoms with Crippen LogP contribution in [0.4, 0.5) is 4.79 Å². The zero-order valence-corrected chi connectivity index (χ0v) is 24.6. The molecule has 8 nitrogen and oxygen atoms in total. The van der Waals surface area contributed by atoms with E-state index in [9.17, 15) is 9.59 Å². The van der Waals surface area contributed by atoms with Crippen molar-refractivity contribution in [2.75, 3.05) is 13.7 Å². The number of rotatable bonds is 5. The first-order valence-electron chi connectivity index (χ1n) is 13.5. The molecule has 5 rings (SSSR count). The first-order chi connectivity index (χ1) is 19.5. The van der Waals surface area contributed by atoms with Crippen LogP contribution in [0.1, 0.15) is 54.7 Å². The zero-order chi connectivity index (χ0) is 29.3. The molecule has 41 heavy (non-hydrogen) atoms. The molecule has 2 heterocycles. The standard InChI is InChI=1S/C32H34ClNO7/c1-19-6-7-20(12-25(19)33)17-38-24-10-8-21(9-11-24)29-18-39-27-14-22-13-26(30(35)37-5)34(31(36)41-32(2,3)4)16-23(22)15-28(27)40-29/h6-12,14-15,26,29H,13,16-18H2,1-5H3. The minimum absolute atomic E-state index is 0.184. The molecule has 3 aromatic rings. The van der Waals surface area contributed by atoms with Crippen molar-refractivity contribution in [2.24, 2.45) is 0 Å². The Hall–Kier alpha value is -3.91. The predicted octanol–water partition coefficient (Wildman–Crippen LogP) is 6.57. The Balaban J connectivity index is 1.29. The predicted molar refractivity (Wildman–Crippen MR) is 154 cm³/mol. The molecule has 0 N–H and O–H groups in total. The molecule has 0 bridgehead atoms. The normalized spacial score (nSPS) is 17.9. The third kappa shape index (κ3) is 6.54. The summed E-state index contributed by atoms with van der Waals surface area (Å²) in [6.07, 6.45) is -0.602. The van der Waals surface area contributed by atoms with E-state index < -0.39 is 23.7 Å². The Morgan fingerprint density at radius 2 is 1.76 bits per heavy atom. The second kappa shape index (κ2) is 11.5. The molecule has 0 radical (unpaired) electrons. The van der Waals surface area contributed by atoms with Crippen LogP contribution in [-0.2, 0) is 33.8 Å². The van der Waals surface area contributed by atoms with Gasteiger partial charge >= 0.3 is 12.1 Å². The van der Waals surface area contributed by atoms with E-state index >= 15 is 0 Å². The lowest BCUT2D eigenvalue weighted by atomic mass is 9.93. The van der Waals surface area contributed by atoms with E-state index in [1.165, 1.54) is 12.0 Å². The second-order valence-corrected chi connectivity index (χ2v) is 11.7. The Morgan fingerprint density at radius 3 is 2.44 bits per heavy atom. The van der Waals surface area contributed by atoms with Crippen molar-refractivity contribution < 1.29 is 33.3 Å². The van der Waals surface area contributed by atoms with E-state index in [1.807, 2.05) is 61.5 Å². The van der Waals surface area contributed by atoms with Crippen molar-refractivity contribution in [1.82, 2.24) is 4.90 Å². The molecule has 3 aromatic carbocycles. The fourth-order valence-electron chi connectivity index (χ4n) is 4.85. The Labute approximate surface area is 245 Å². The average molecular weight is 580 g/mol. The van der Waals surface area contributed by atoms with E-state index in [0.29, 0.717) is 24.7 Å². The Kier molecular flexibility index (Phi) is 8.04. The Bertz CT molecular complexity index is 1450. The van der Waals surface area contributed by atoms with Crippen LogP contribution >= 0.6 is 11.6 Å². The molecule has 2 unspecified atom stereocenters. The second-order valence-electron chi connectivity index (χ2n) is 11.3. The first-order valence-corrected chi connectivity index (χ1v) is 13.9. The summed E-state index contributed by atoms with van der Waals surface area (Å²) in [6, 6.07) is 16.6. The van der Waals surface area contributed by atoms with Gasteiger partial charge in [-0.25, -0.2) is 9.59 Å². The highest BCUT2D eigenvalue weighted by Crippen LogP contribution is 2.41. The summed E-state index contributed by atoms with van der Waals surface area (Å²) in [4.78, 5) is 27.0. The van der Waals surface area contributed by atoms with Gasteiger partial charge in [0.25, 0.3) is 0 Å². The molecule has 0 aliphatic carbocycles. The fourth-order valence-corrected chi connectivity index (χ4v) is 5.05. The summed E-state index contributed by atoms with van der Waals surface area (Å²) in [6.45, 7) is 8.26. The van der Waals surface area contributed by atoms with Gasteiger partial charge in [0, 0.05) is 11.4 Å².